The van der Waals surface area contributed by atoms with E-state index in [2.05, 4.69) is 15.3 Å². The first kappa shape index (κ1) is 11.8. The molecule has 88 valence electrons. The Balaban J connectivity index is 2.26. The molecule has 1 heterocycles. The Bertz CT molecular complexity index is 530. The number of nitrogen functional groups attached to an aromatic ring is 1. The first-order valence-corrected chi connectivity index (χ1v) is 5.39. The molecular weight excluding hydrogens is 263 g/mol. The van der Waals surface area contributed by atoms with Gasteiger partial charge < -0.3 is 10.7 Å². The van der Waals surface area contributed by atoms with Gasteiger partial charge in [-0.05, 0) is 12.1 Å². The highest BCUT2D eigenvalue weighted by atomic mass is 35.5. The van der Waals surface area contributed by atoms with Crippen molar-refractivity contribution in [3.8, 4) is 0 Å². The Labute approximate surface area is 107 Å². The second-order valence-electron chi connectivity index (χ2n) is 3.25. The molecule has 0 saturated heterocycles. The van der Waals surface area contributed by atoms with E-state index in [9.17, 15) is 4.79 Å². The Morgan fingerprint density at radius 3 is 2.76 bits per heavy atom. The number of rotatable bonds is 2. The zero-order valence-electron chi connectivity index (χ0n) is 8.50. The molecule has 2 aromatic rings. The van der Waals surface area contributed by atoms with Crippen LogP contribution in [0.5, 0.6) is 0 Å². The van der Waals surface area contributed by atoms with Crippen LogP contribution in [0.3, 0.4) is 0 Å². The molecule has 0 aliphatic carbocycles. The predicted molar refractivity (Wildman–Crippen MR) is 67.4 cm³/mol. The molecule has 5 nitrogen and oxygen atoms in total. The number of aromatic nitrogens is 2. The van der Waals surface area contributed by atoms with Gasteiger partial charge in [-0.3, -0.25) is 10.1 Å². The highest BCUT2D eigenvalue weighted by Crippen LogP contribution is 2.29. The number of imidazole rings is 1. The molecule has 1 aromatic carbocycles. The summed E-state index contributed by atoms with van der Waals surface area (Å²) in [5, 5.41) is 3.02. The molecule has 17 heavy (non-hydrogen) atoms. The number of H-pyrrole nitrogens is 1. The molecule has 0 radical (unpaired) electrons. The minimum atomic E-state index is -0.370. The van der Waals surface area contributed by atoms with Crippen molar-refractivity contribution >= 4 is 40.7 Å². The first-order valence-electron chi connectivity index (χ1n) is 4.63. The molecule has 1 amide bonds. The van der Waals surface area contributed by atoms with E-state index in [1.54, 1.807) is 6.20 Å². The van der Waals surface area contributed by atoms with Gasteiger partial charge in [-0.25, -0.2) is 4.98 Å². The van der Waals surface area contributed by atoms with Crippen molar-refractivity contribution in [1.82, 2.24) is 9.97 Å². The van der Waals surface area contributed by atoms with Crippen LogP contribution in [0.15, 0.2) is 24.5 Å². The van der Waals surface area contributed by atoms with Gasteiger partial charge in [0.05, 0.1) is 15.7 Å². The Morgan fingerprint density at radius 1 is 1.41 bits per heavy atom. The number of carbonyl (C=O) groups is 1. The number of carbonyl (C=O) groups excluding carboxylic acids is 1. The van der Waals surface area contributed by atoms with Crippen LogP contribution in [0.4, 0.5) is 11.6 Å². The molecule has 0 unspecified atom stereocenters. The van der Waals surface area contributed by atoms with E-state index in [0.717, 1.165) is 0 Å². The van der Waals surface area contributed by atoms with Crippen LogP contribution in [-0.4, -0.2) is 15.9 Å². The van der Waals surface area contributed by atoms with Crippen molar-refractivity contribution in [3.05, 3.63) is 40.1 Å². The molecular formula is C10H8Cl2N4O. The van der Waals surface area contributed by atoms with E-state index in [0.29, 0.717) is 11.5 Å². The van der Waals surface area contributed by atoms with Gasteiger partial charge in [-0.15, -0.1) is 0 Å². The zero-order chi connectivity index (χ0) is 12.4. The standard InChI is InChI=1S/C10H8Cl2N4O/c11-6-3-5(4-7(13)8(6)12)9(17)16-10-14-1-2-15-10/h1-4H,13H2,(H2,14,15,16,17). The fraction of sp³-hybridized carbons (Fsp3) is 0. The number of nitrogens with one attached hydrogen (secondary N) is 2. The monoisotopic (exact) mass is 270 g/mol. The molecule has 0 saturated carbocycles. The maximum atomic E-state index is 11.8. The lowest BCUT2D eigenvalue weighted by Crippen LogP contribution is -2.13. The van der Waals surface area contributed by atoms with Crippen LogP contribution < -0.4 is 11.1 Å². The molecule has 0 aliphatic heterocycles. The van der Waals surface area contributed by atoms with Crippen molar-refractivity contribution in [2.24, 2.45) is 0 Å². The summed E-state index contributed by atoms with van der Waals surface area (Å²) in [6.45, 7) is 0. The third-order valence-electron chi connectivity index (χ3n) is 2.05. The normalized spacial score (nSPS) is 10.2. The average molecular weight is 271 g/mol. The van der Waals surface area contributed by atoms with Gasteiger partial charge in [-0.2, -0.15) is 0 Å². The molecule has 0 atom stereocenters. The number of nitrogens with two attached hydrogens (primary N) is 1. The summed E-state index contributed by atoms with van der Waals surface area (Å²) in [7, 11) is 0. The predicted octanol–water partition coefficient (Wildman–Crippen LogP) is 2.55. The van der Waals surface area contributed by atoms with E-state index in [4.69, 9.17) is 28.9 Å². The smallest absolute Gasteiger partial charge is 0.258 e. The number of hydrogen-bond donors (Lipinski definition) is 3. The molecule has 4 N–H and O–H groups in total. The number of aromatic amines is 1. The number of benzene rings is 1. The van der Waals surface area contributed by atoms with Crippen LogP contribution in [0.1, 0.15) is 10.4 Å². The van der Waals surface area contributed by atoms with Crippen LogP contribution in [0.2, 0.25) is 10.0 Å². The molecule has 0 aliphatic rings. The largest absolute Gasteiger partial charge is 0.397 e. The highest BCUT2D eigenvalue weighted by molar-refractivity contribution is 6.43. The van der Waals surface area contributed by atoms with Crippen molar-refractivity contribution in [2.45, 2.75) is 0 Å². The Morgan fingerprint density at radius 2 is 2.18 bits per heavy atom. The number of nitrogens with zero attached hydrogens (tertiary/aromatic N) is 1. The van der Waals surface area contributed by atoms with E-state index in [-0.39, 0.29) is 21.6 Å². The highest BCUT2D eigenvalue weighted by Gasteiger charge is 2.12. The molecule has 7 heteroatoms. The number of hydrogen-bond acceptors (Lipinski definition) is 3. The second kappa shape index (κ2) is 4.65. The molecule has 0 spiro atoms. The third-order valence-corrected chi connectivity index (χ3v) is 2.87. The maximum absolute atomic E-state index is 11.8. The summed E-state index contributed by atoms with van der Waals surface area (Å²) in [6, 6.07) is 2.89. The van der Waals surface area contributed by atoms with Gasteiger partial charge in [0.1, 0.15) is 0 Å². The molecule has 2 rings (SSSR count). The lowest BCUT2D eigenvalue weighted by molar-refractivity contribution is 0.102. The summed E-state index contributed by atoms with van der Waals surface area (Å²) in [6.07, 6.45) is 3.12. The summed E-state index contributed by atoms with van der Waals surface area (Å²) < 4.78 is 0. The van der Waals surface area contributed by atoms with Crippen molar-refractivity contribution in [1.29, 1.82) is 0 Å². The molecule has 1 aromatic heterocycles. The summed E-state index contributed by atoms with van der Waals surface area (Å²) in [5.74, 6) is -0.0233. The molecule has 0 bridgehead atoms. The van der Waals surface area contributed by atoms with Gasteiger partial charge in [-0.1, -0.05) is 23.2 Å². The number of anilines is 2. The summed E-state index contributed by atoms with van der Waals surface area (Å²) in [4.78, 5) is 18.4. The minimum absolute atomic E-state index is 0.233. The van der Waals surface area contributed by atoms with Crippen molar-refractivity contribution in [3.63, 3.8) is 0 Å². The van der Waals surface area contributed by atoms with Gasteiger partial charge >= 0.3 is 0 Å². The number of halogens is 2. The van der Waals surface area contributed by atoms with Crippen LogP contribution in [-0.2, 0) is 0 Å². The quantitative estimate of drug-likeness (QED) is 0.734. The Kier molecular flexibility index (Phi) is 3.21. The summed E-state index contributed by atoms with van der Waals surface area (Å²) in [5.41, 5.74) is 6.18. The van der Waals surface area contributed by atoms with Gasteiger partial charge in [0.25, 0.3) is 5.91 Å². The van der Waals surface area contributed by atoms with E-state index >= 15 is 0 Å². The van der Waals surface area contributed by atoms with E-state index in [1.165, 1.54) is 18.3 Å². The first-order chi connectivity index (χ1) is 8.08. The maximum Gasteiger partial charge on any atom is 0.258 e. The van der Waals surface area contributed by atoms with Crippen LogP contribution >= 0.6 is 23.2 Å². The van der Waals surface area contributed by atoms with Crippen molar-refractivity contribution < 1.29 is 4.79 Å². The number of amides is 1. The average Bonchev–Trinajstić information content (AvgIpc) is 2.77. The lowest BCUT2D eigenvalue weighted by Gasteiger charge is -2.06. The fourth-order valence-corrected chi connectivity index (χ4v) is 1.59. The molecule has 0 fully saturated rings. The zero-order valence-corrected chi connectivity index (χ0v) is 10.0. The lowest BCUT2D eigenvalue weighted by atomic mass is 10.2. The topological polar surface area (TPSA) is 83.8 Å². The SMILES string of the molecule is Nc1cc(C(=O)Nc2ncc[nH]2)cc(Cl)c1Cl. The van der Waals surface area contributed by atoms with Crippen molar-refractivity contribution in [2.75, 3.05) is 11.1 Å². The fourth-order valence-electron chi connectivity index (χ4n) is 1.25. The summed E-state index contributed by atoms with van der Waals surface area (Å²) >= 11 is 11.6. The minimum Gasteiger partial charge on any atom is -0.397 e. The second-order valence-corrected chi connectivity index (χ2v) is 4.04. The third kappa shape index (κ3) is 2.51. The Hall–Kier alpha value is -1.72. The van der Waals surface area contributed by atoms with Gasteiger partial charge in [0, 0.05) is 18.0 Å². The van der Waals surface area contributed by atoms with Gasteiger partial charge in [0.15, 0.2) is 0 Å². The van der Waals surface area contributed by atoms with Crippen LogP contribution in [0.25, 0.3) is 0 Å². The van der Waals surface area contributed by atoms with E-state index < -0.39 is 0 Å². The van der Waals surface area contributed by atoms with Gasteiger partial charge in [0.2, 0.25) is 5.95 Å². The van der Waals surface area contributed by atoms with E-state index in [1.807, 2.05) is 0 Å². The van der Waals surface area contributed by atoms with Crippen LogP contribution in [0, 0.1) is 0 Å².